The minimum Gasteiger partial charge on any atom is -0.399 e. The van der Waals surface area contributed by atoms with Crippen LogP contribution >= 0.6 is 11.6 Å². The summed E-state index contributed by atoms with van der Waals surface area (Å²) in [6.45, 7) is 3.46. The number of rotatable bonds is 3. The number of nitrogens with two attached hydrogens (primary N) is 1. The van der Waals surface area contributed by atoms with Crippen molar-refractivity contribution < 1.29 is 12.8 Å². The van der Waals surface area contributed by atoms with Gasteiger partial charge < -0.3 is 5.73 Å². The predicted molar refractivity (Wildman–Crippen MR) is 82.5 cm³/mol. The fraction of sp³-hybridized carbons (Fsp3) is 0.143. The van der Waals surface area contributed by atoms with E-state index in [9.17, 15) is 12.8 Å². The Hall–Kier alpha value is -1.79. The first-order chi connectivity index (χ1) is 9.70. The molecule has 112 valence electrons. The normalized spacial score (nSPS) is 11.4. The second-order valence-corrected chi connectivity index (χ2v) is 6.75. The van der Waals surface area contributed by atoms with Crippen molar-refractivity contribution in [2.75, 3.05) is 10.5 Å². The van der Waals surface area contributed by atoms with E-state index in [1.807, 2.05) is 0 Å². The number of nitrogen functional groups attached to an aromatic ring is 1. The van der Waals surface area contributed by atoms with Crippen LogP contribution in [-0.2, 0) is 10.0 Å². The molecule has 0 aliphatic heterocycles. The lowest BCUT2D eigenvalue weighted by Gasteiger charge is -2.14. The summed E-state index contributed by atoms with van der Waals surface area (Å²) in [6.07, 6.45) is 0. The van der Waals surface area contributed by atoms with Crippen LogP contribution in [0.5, 0.6) is 0 Å². The van der Waals surface area contributed by atoms with Gasteiger partial charge in [-0.1, -0.05) is 11.6 Å². The summed E-state index contributed by atoms with van der Waals surface area (Å²) in [5.74, 6) is -0.543. The Bertz CT molecular complexity index is 807. The summed E-state index contributed by atoms with van der Waals surface area (Å²) in [5.41, 5.74) is 7.52. The van der Waals surface area contributed by atoms with Crippen LogP contribution in [0.25, 0.3) is 0 Å². The largest absolute Gasteiger partial charge is 0.399 e. The van der Waals surface area contributed by atoms with E-state index >= 15 is 0 Å². The first-order valence-electron chi connectivity index (χ1n) is 6.05. The fourth-order valence-electron chi connectivity index (χ4n) is 1.90. The highest BCUT2D eigenvalue weighted by molar-refractivity contribution is 7.92. The smallest absolute Gasteiger partial charge is 0.262 e. The van der Waals surface area contributed by atoms with Gasteiger partial charge >= 0.3 is 0 Å². The van der Waals surface area contributed by atoms with Gasteiger partial charge in [0, 0.05) is 5.69 Å². The van der Waals surface area contributed by atoms with Crippen LogP contribution in [0, 0.1) is 19.7 Å². The van der Waals surface area contributed by atoms with Crippen LogP contribution < -0.4 is 10.5 Å². The Morgan fingerprint density at radius 3 is 2.48 bits per heavy atom. The molecule has 0 aliphatic carbocycles. The van der Waals surface area contributed by atoms with Gasteiger partial charge in [0.25, 0.3) is 10.0 Å². The summed E-state index contributed by atoms with van der Waals surface area (Å²) in [5, 5.41) is -0.0168. The molecule has 4 nitrogen and oxygen atoms in total. The summed E-state index contributed by atoms with van der Waals surface area (Å²) < 4.78 is 40.2. The number of nitrogens with one attached hydrogen (secondary N) is 1. The Kier molecular flexibility index (Phi) is 4.11. The van der Waals surface area contributed by atoms with Crippen molar-refractivity contribution in [3.63, 3.8) is 0 Å². The molecule has 0 radical (unpaired) electrons. The van der Waals surface area contributed by atoms with E-state index in [1.165, 1.54) is 12.1 Å². The van der Waals surface area contributed by atoms with Crippen molar-refractivity contribution in [2.45, 2.75) is 18.7 Å². The number of hydrogen-bond acceptors (Lipinski definition) is 3. The minimum absolute atomic E-state index is 0.0168. The van der Waals surface area contributed by atoms with Crippen molar-refractivity contribution in [3.05, 3.63) is 52.3 Å². The monoisotopic (exact) mass is 328 g/mol. The van der Waals surface area contributed by atoms with E-state index in [2.05, 4.69) is 4.72 Å². The molecule has 0 fully saturated rings. The van der Waals surface area contributed by atoms with E-state index in [1.54, 1.807) is 19.9 Å². The number of halogens is 2. The van der Waals surface area contributed by atoms with Gasteiger partial charge in [0.2, 0.25) is 0 Å². The lowest BCUT2D eigenvalue weighted by molar-refractivity contribution is 0.600. The van der Waals surface area contributed by atoms with Crippen LogP contribution in [0.3, 0.4) is 0 Å². The van der Waals surface area contributed by atoms with Gasteiger partial charge in [0.1, 0.15) is 5.82 Å². The zero-order valence-corrected chi connectivity index (χ0v) is 13.0. The van der Waals surface area contributed by atoms with Crippen molar-refractivity contribution in [1.82, 2.24) is 0 Å². The molecule has 0 spiro atoms. The third-order valence-corrected chi connectivity index (χ3v) is 4.91. The lowest BCUT2D eigenvalue weighted by atomic mass is 10.1. The number of anilines is 2. The molecule has 0 saturated carbocycles. The van der Waals surface area contributed by atoms with Crippen LogP contribution in [-0.4, -0.2) is 8.42 Å². The fourth-order valence-corrected chi connectivity index (χ4v) is 3.61. The number of hydrogen-bond donors (Lipinski definition) is 2. The molecule has 2 aromatic rings. The number of aryl methyl sites for hydroxylation is 1. The van der Waals surface area contributed by atoms with Gasteiger partial charge in [0.15, 0.2) is 0 Å². The quantitative estimate of drug-likeness (QED) is 0.847. The molecule has 0 aromatic heterocycles. The molecule has 0 saturated heterocycles. The Balaban J connectivity index is 2.48. The van der Waals surface area contributed by atoms with E-state index in [-0.39, 0.29) is 15.6 Å². The highest BCUT2D eigenvalue weighted by Gasteiger charge is 2.20. The van der Waals surface area contributed by atoms with Gasteiger partial charge in [-0.15, -0.1) is 0 Å². The molecule has 0 amide bonds. The van der Waals surface area contributed by atoms with Crippen LogP contribution in [0.4, 0.5) is 15.8 Å². The summed E-state index contributed by atoms with van der Waals surface area (Å²) in [6, 6.07) is 6.50. The van der Waals surface area contributed by atoms with E-state index in [4.69, 9.17) is 17.3 Å². The number of benzene rings is 2. The second-order valence-electron chi connectivity index (χ2n) is 4.69. The molecule has 0 unspecified atom stereocenters. The van der Waals surface area contributed by atoms with Crippen molar-refractivity contribution >= 4 is 33.0 Å². The molecule has 3 N–H and O–H groups in total. The molecule has 2 rings (SSSR count). The topological polar surface area (TPSA) is 72.2 Å². The Labute approximate surface area is 127 Å². The van der Waals surface area contributed by atoms with E-state index in [0.717, 1.165) is 17.7 Å². The summed E-state index contributed by atoms with van der Waals surface area (Å²) in [4.78, 5) is 0.0698. The maximum Gasteiger partial charge on any atom is 0.262 e. The Morgan fingerprint density at radius 2 is 1.86 bits per heavy atom. The van der Waals surface area contributed by atoms with Gasteiger partial charge in [-0.25, -0.2) is 12.8 Å². The van der Waals surface area contributed by atoms with Crippen molar-refractivity contribution in [1.29, 1.82) is 0 Å². The van der Waals surface area contributed by atoms with Crippen LogP contribution in [0.2, 0.25) is 5.02 Å². The molecular formula is C14H14ClFN2O2S. The highest BCUT2D eigenvalue weighted by Crippen LogP contribution is 2.28. The van der Waals surface area contributed by atoms with Crippen LogP contribution in [0.1, 0.15) is 11.1 Å². The molecule has 0 aliphatic rings. The van der Waals surface area contributed by atoms with Crippen LogP contribution in [0.15, 0.2) is 35.2 Å². The van der Waals surface area contributed by atoms with Crippen molar-refractivity contribution in [3.8, 4) is 0 Å². The van der Waals surface area contributed by atoms with Crippen molar-refractivity contribution in [2.24, 2.45) is 0 Å². The molecule has 0 heterocycles. The maximum atomic E-state index is 13.0. The zero-order chi connectivity index (χ0) is 15.8. The SMILES string of the molecule is Cc1cc(N)cc(S(=O)(=O)Nc2ccc(F)cc2Cl)c1C. The first kappa shape index (κ1) is 15.6. The third kappa shape index (κ3) is 3.28. The van der Waals surface area contributed by atoms with E-state index in [0.29, 0.717) is 11.3 Å². The molecule has 21 heavy (non-hydrogen) atoms. The molecule has 7 heteroatoms. The predicted octanol–water partition coefficient (Wildman–Crippen LogP) is 3.48. The standard InChI is InChI=1S/C14H14ClFN2O2S/c1-8-5-11(17)7-14(9(8)2)21(19,20)18-13-4-3-10(16)6-12(13)15/h3-7,18H,17H2,1-2H3. The lowest BCUT2D eigenvalue weighted by Crippen LogP contribution is -2.15. The molecular weight excluding hydrogens is 315 g/mol. The van der Waals surface area contributed by atoms with Gasteiger partial charge in [0.05, 0.1) is 15.6 Å². The average Bonchev–Trinajstić information content (AvgIpc) is 2.37. The summed E-state index contributed by atoms with van der Waals surface area (Å²) >= 11 is 5.83. The Morgan fingerprint density at radius 1 is 1.19 bits per heavy atom. The third-order valence-electron chi connectivity index (χ3n) is 3.11. The maximum absolute atomic E-state index is 13.0. The number of sulfonamides is 1. The molecule has 2 aromatic carbocycles. The van der Waals surface area contributed by atoms with Gasteiger partial charge in [-0.3, -0.25) is 4.72 Å². The average molecular weight is 329 g/mol. The highest BCUT2D eigenvalue weighted by atomic mass is 35.5. The summed E-state index contributed by atoms with van der Waals surface area (Å²) in [7, 11) is -3.86. The van der Waals surface area contributed by atoms with E-state index < -0.39 is 15.8 Å². The zero-order valence-electron chi connectivity index (χ0n) is 11.4. The molecule has 0 bridgehead atoms. The van der Waals surface area contributed by atoms with Gasteiger partial charge in [-0.2, -0.15) is 0 Å². The molecule has 0 atom stereocenters. The first-order valence-corrected chi connectivity index (χ1v) is 7.91. The minimum atomic E-state index is -3.86. The van der Waals surface area contributed by atoms with Gasteiger partial charge in [-0.05, 0) is 55.3 Å². The second kappa shape index (κ2) is 5.54.